The van der Waals surface area contributed by atoms with Gasteiger partial charge in [-0.15, -0.1) is 6.42 Å². The largest absolute Gasteiger partial charge is 0.463 e. The summed E-state index contributed by atoms with van der Waals surface area (Å²) in [5.41, 5.74) is 1.05. The number of piperidine rings is 1. The average Bonchev–Trinajstić information content (AvgIpc) is 2.99. The summed E-state index contributed by atoms with van der Waals surface area (Å²) in [4.78, 5) is 11.2. The predicted octanol–water partition coefficient (Wildman–Crippen LogP) is 0.908. The molecule has 1 aromatic heterocycles. The lowest BCUT2D eigenvalue weighted by Gasteiger charge is -2.21. The van der Waals surface area contributed by atoms with Crippen LogP contribution in [-0.4, -0.2) is 41.1 Å². The Morgan fingerprint density at radius 1 is 1.47 bits per heavy atom. The number of nitrogens with zero attached hydrogens (tertiary/aromatic N) is 3. The lowest BCUT2D eigenvalue weighted by molar-refractivity contribution is 0.333. The summed E-state index contributed by atoms with van der Waals surface area (Å²) in [7, 11) is 0. The Bertz CT molecular complexity index is 454. The molecule has 2 saturated heterocycles. The molecule has 1 aromatic rings. The van der Waals surface area contributed by atoms with Gasteiger partial charge in [-0.2, -0.15) is 0 Å². The zero-order valence-electron chi connectivity index (χ0n) is 9.67. The Morgan fingerprint density at radius 2 is 2.41 bits per heavy atom. The second-order valence-electron chi connectivity index (χ2n) is 4.69. The van der Waals surface area contributed by atoms with Gasteiger partial charge in [0.05, 0.1) is 11.9 Å². The molecule has 2 aliphatic rings. The number of fused-ring (bicyclic) bond motifs is 2. The molecule has 0 radical (unpaired) electrons. The van der Waals surface area contributed by atoms with E-state index in [-0.39, 0.29) is 6.61 Å². The second-order valence-corrected chi connectivity index (χ2v) is 4.69. The van der Waals surface area contributed by atoms with Crippen LogP contribution in [0.4, 0.5) is 0 Å². The van der Waals surface area contributed by atoms with Crippen molar-refractivity contribution in [2.24, 2.45) is 5.92 Å². The molecular weight excluding hydrogens is 214 g/mol. The zero-order chi connectivity index (χ0) is 11.7. The minimum absolute atomic E-state index is 0.248. The number of aromatic nitrogens is 2. The number of terminal acetylenes is 1. The zero-order valence-corrected chi connectivity index (χ0v) is 9.67. The molecule has 2 bridgehead atoms. The van der Waals surface area contributed by atoms with Crippen LogP contribution >= 0.6 is 0 Å². The molecule has 17 heavy (non-hydrogen) atoms. The van der Waals surface area contributed by atoms with Crippen molar-refractivity contribution in [3.63, 3.8) is 0 Å². The van der Waals surface area contributed by atoms with Crippen LogP contribution in [-0.2, 0) is 0 Å². The summed E-state index contributed by atoms with van der Waals surface area (Å²) < 4.78 is 5.31. The van der Waals surface area contributed by atoms with Crippen LogP contribution in [0.3, 0.4) is 0 Å². The molecule has 3 unspecified atom stereocenters. The first kappa shape index (κ1) is 10.5. The van der Waals surface area contributed by atoms with Crippen LogP contribution in [0.2, 0.25) is 0 Å². The summed E-state index contributed by atoms with van der Waals surface area (Å²) in [5.74, 6) is 4.24. The van der Waals surface area contributed by atoms with E-state index < -0.39 is 0 Å². The first-order valence-electron chi connectivity index (χ1n) is 5.97. The van der Waals surface area contributed by atoms with E-state index in [9.17, 15) is 0 Å². The Balaban J connectivity index is 1.77. The SMILES string of the molecule is C#CCOc1cncc(C2CN3CCC2C3)n1. The van der Waals surface area contributed by atoms with Crippen molar-refractivity contribution in [1.29, 1.82) is 0 Å². The van der Waals surface area contributed by atoms with E-state index in [4.69, 9.17) is 11.2 Å². The maximum atomic E-state index is 5.31. The summed E-state index contributed by atoms with van der Waals surface area (Å²) in [5, 5.41) is 0. The molecule has 3 atom stereocenters. The average molecular weight is 229 g/mol. The van der Waals surface area contributed by atoms with Crippen LogP contribution in [0.5, 0.6) is 5.88 Å². The molecule has 0 amide bonds. The van der Waals surface area contributed by atoms with Crippen molar-refractivity contribution in [3.05, 3.63) is 18.1 Å². The lowest BCUT2D eigenvalue weighted by Crippen LogP contribution is -2.22. The standard InChI is InChI=1S/C13H15N3O/c1-2-5-17-13-7-14-6-12(15-13)11-9-16-4-3-10(11)8-16/h1,6-7,10-11H,3-5,8-9H2. The molecule has 0 aromatic carbocycles. The maximum absolute atomic E-state index is 5.31. The van der Waals surface area contributed by atoms with Crippen LogP contribution in [0, 0.1) is 18.3 Å². The van der Waals surface area contributed by atoms with Gasteiger partial charge in [0.15, 0.2) is 6.61 Å². The number of hydrogen-bond acceptors (Lipinski definition) is 4. The molecule has 0 aliphatic carbocycles. The topological polar surface area (TPSA) is 38.2 Å². The van der Waals surface area contributed by atoms with Gasteiger partial charge in [0.2, 0.25) is 5.88 Å². The van der Waals surface area contributed by atoms with Crippen molar-refractivity contribution in [1.82, 2.24) is 14.9 Å². The molecule has 2 aliphatic heterocycles. The number of rotatable bonds is 3. The highest BCUT2D eigenvalue weighted by Gasteiger charge is 2.39. The van der Waals surface area contributed by atoms with E-state index in [1.807, 2.05) is 6.20 Å². The van der Waals surface area contributed by atoms with E-state index in [1.54, 1.807) is 6.20 Å². The van der Waals surface area contributed by atoms with E-state index in [0.717, 1.165) is 18.2 Å². The predicted molar refractivity (Wildman–Crippen MR) is 63.6 cm³/mol. The molecule has 3 rings (SSSR count). The van der Waals surface area contributed by atoms with Gasteiger partial charge in [0, 0.05) is 25.2 Å². The Hall–Kier alpha value is -1.60. The van der Waals surface area contributed by atoms with Crippen LogP contribution in [0.15, 0.2) is 12.4 Å². The number of hydrogen-bond donors (Lipinski definition) is 0. The summed E-state index contributed by atoms with van der Waals surface area (Å²) >= 11 is 0. The summed E-state index contributed by atoms with van der Waals surface area (Å²) in [6, 6.07) is 0. The third-order valence-electron chi connectivity index (χ3n) is 3.65. The van der Waals surface area contributed by atoms with Crippen LogP contribution < -0.4 is 4.74 Å². The van der Waals surface area contributed by atoms with Gasteiger partial charge in [0.1, 0.15) is 0 Å². The molecule has 4 nitrogen and oxygen atoms in total. The van der Waals surface area contributed by atoms with Crippen molar-refractivity contribution < 1.29 is 4.74 Å². The Kier molecular flexibility index (Phi) is 2.69. The monoisotopic (exact) mass is 229 g/mol. The minimum atomic E-state index is 0.248. The van der Waals surface area contributed by atoms with E-state index in [0.29, 0.717) is 11.8 Å². The van der Waals surface area contributed by atoms with Crippen molar-refractivity contribution >= 4 is 0 Å². The summed E-state index contributed by atoms with van der Waals surface area (Å²) in [6.45, 7) is 3.81. The van der Waals surface area contributed by atoms with Gasteiger partial charge in [0.25, 0.3) is 0 Å². The summed E-state index contributed by atoms with van der Waals surface area (Å²) in [6.07, 6.45) is 9.91. The van der Waals surface area contributed by atoms with E-state index in [1.165, 1.54) is 19.5 Å². The molecule has 0 spiro atoms. The quantitative estimate of drug-likeness (QED) is 0.722. The van der Waals surface area contributed by atoms with Gasteiger partial charge in [-0.25, -0.2) is 4.98 Å². The molecule has 88 valence electrons. The van der Waals surface area contributed by atoms with Gasteiger partial charge < -0.3 is 9.64 Å². The highest BCUT2D eigenvalue weighted by Crippen LogP contribution is 2.38. The molecule has 0 N–H and O–H groups in total. The third-order valence-corrected chi connectivity index (χ3v) is 3.65. The second kappa shape index (κ2) is 4.34. The van der Waals surface area contributed by atoms with Crippen molar-refractivity contribution in [3.8, 4) is 18.2 Å². The van der Waals surface area contributed by atoms with Crippen molar-refractivity contribution in [2.75, 3.05) is 26.2 Å². The molecule has 4 heteroatoms. The first-order chi connectivity index (χ1) is 8.36. The highest BCUT2D eigenvalue weighted by atomic mass is 16.5. The first-order valence-corrected chi connectivity index (χ1v) is 5.97. The molecule has 0 saturated carbocycles. The normalized spacial score (nSPS) is 30.2. The van der Waals surface area contributed by atoms with Crippen LogP contribution in [0.25, 0.3) is 0 Å². The number of ether oxygens (including phenoxy) is 1. The Morgan fingerprint density at radius 3 is 3.12 bits per heavy atom. The molecule has 2 fully saturated rings. The fraction of sp³-hybridized carbons (Fsp3) is 0.538. The van der Waals surface area contributed by atoms with E-state index in [2.05, 4.69) is 20.8 Å². The smallest absolute Gasteiger partial charge is 0.233 e. The lowest BCUT2D eigenvalue weighted by atomic mass is 9.90. The molecular formula is C13H15N3O. The van der Waals surface area contributed by atoms with Gasteiger partial charge in [-0.3, -0.25) is 4.98 Å². The highest BCUT2D eigenvalue weighted by molar-refractivity contribution is 5.17. The maximum Gasteiger partial charge on any atom is 0.233 e. The van der Waals surface area contributed by atoms with Gasteiger partial charge in [-0.05, 0) is 18.9 Å². The van der Waals surface area contributed by atoms with Crippen molar-refractivity contribution in [2.45, 2.75) is 12.3 Å². The fourth-order valence-electron chi connectivity index (χ4n) is 2.85. The minimum Gasteiger partial charge on any atom is -0.463 e. The van der Waals surface area contributed by atoms with E-state index >= 15 is 0 Å². The van der Waals surface area contributed by atoms with Crippen LogP contribution in [0.1, 0.15) is 18.0 Å². The Labute approximate surface area is 101 Å². The fourth-order valence-corrected chi connectivity index (χ4v) is 2.85. The van der Waals surface area contributed by atoms with Gasteiger partial charge in [-0.1, -0.05) is 5.92 Å². The third kappa shape index (κ3) is 1.98. The molecule has 3 heterocycles. The van der Waals surface area contributed by atoms with Gasteiger partial charge >= 0.3 is 0 Å².